The fourth-order valence-electron chi connectivity index (χ4n) is 1.81. The molecule has 116 valence electrons. The van der Waals surface area contributed by atoms with Crippen LogP contribution < -0.4 is 16.0 Å². The molecule has 0 aliphatic carbocycles. The lowest BCUT2D eigenvalue weighted by atomic mass is 10.1. The molecule has 1 aromatic carbocycles. The highest BCUT2D eigenvalue weighted by Gasteiger charge is 2.12. The lowest BCUT2D eigenvalue weighted by molar-refractivity contribution is -0.124. The number of hydrogen-bond acceptors (Lipinski definition) is 3. The first kappa shape index (κ1) is 17.7. The van der Waals surface area contributed by atoms with Crippen LogP contribution in [0.5, 0.6) is 0 Å². The van der Waals surface area contributed by atoms with Gasteiger partial charge in [-0.05, 0) is 31.7 Å². The smallest absolute Gasteiger partial charge is 0.226 e. The van der Waals surface area contributed by atoms with Gasteiger partial charge in [0.05, 0.1) is 0 Å². The van der Waals surface area contributed by atoms with Crippen molar-refractivity contribution in [1.82, 2.24) is 10.6 Å². The van der Waals surface area contributed by atoms with Crippen LogP contribution in [0.2, 0.25) is 0 Å². The molecule has 0 bridgehead atoms. The van der Waals surface area contributed by atoms with Crippen molar-refractivity contribution in [3.05, 3.63) is 28.2 Å². The van der Waals surface area contributed by atoms with E-state index in [1.54, 1.807) is 7.05 Å². The summed E-state index contributed by atoms with van der Waals surface area (Å²) in [6.07, 6.45) is 0.254. The second-order valence-corrected chi connectivity index (χ2v) is 5.92. The van der Waals surface area contributed by atoms with Crippen molar-refractivity contribution >= 4 is 33.4 Å². The van der Waals surface area contributed by atoms with Gasteiger partial charge >= 0.3 is 0 Å². The van der Waals surface area contributed by atoms with Gasteiger partial charge in [-0.3, -0.25) is 9.59 Å². The zero-order chi connectivity index (χ0) is 15.8. The number of carbonyl (C=O) groups excluding carboxylic acids is 2. The predicted octanol–water partition coefficient (Wildman–Crippen LogP) is 2.06. The summed E-state index contributed by atoms with van der Waals surface area (Å²) >= 11 is 3.37. The van der Waals surface area contributed by atoms with E-state index in [2.05, 4.69) is 31.9 Å². The molecular weight excluding hydrogens is 334 g/mol. The minimum Gasteiger partial charge on any atom is -0.355 e. The zero-order valence-electron chi connectivity index (χ0n) is 12.6. The summed E-state index contributed by atoms with van der Waals surface area (Å²) in [6.45, 7) is 4.74. The highest BCUT2D eigenvalue weighted by Crippen LogP contribution is 2.20. The molecule has 0 aliphatic heterocycles. The second kappa shape index (κ2) is 8.79. The average Bonchev–Trinajstić information content (AvgIpc) is 2.43. The van der Waals surface area contributed by atoms with Gasteiger partial charge in [-0.2, -0.15) is 0 Å². The van der Waals surface area contributed by atoms with Crippen LogP contribution in [0.4, 0.5) is 5.69 Å². The number of rotatable bonds is 7. The Morgan fingerprint density at radius 2 is 2.05 bits per heavy atom. The number of amides is 2. The van der Waals surface area contributed by atoms with E-state index >= 15 is 0 Å². The summed E-state index contributed by atoms with van der Waals surface area (Å²) in [5.74, 6) is -0.265. The van der Waals surface area contributed by atoms with Crippen LogP contribution >= 0.6 is 15.9 Å². The fourth-order valence-corrected chi connectivity index (χ4v) is 2.18. The van der Waals surface area contributed by atoms with Gasteiger partial charge in [0.15, 0.2) is 0 Å². The molecule has 0 fully saturated rings. The monoisotopic (exact) mass is 355 g/mol. The standard InChI is InChI=1S/C15H22BrN3O2/c1-10-4-5-12(16)8-13(10)19-14(20)6-7-18-15(21)11(2)9-17-3/h4-5,8,11,17H,6-7,9H2,1-3H3,(H,18,21)(H,19,20). The Kier molecular flexibility index (Phi) is 7.39. The Morgan fingerprint density at radius 1 is 1.33 bits per heavy atom. The highest BCUT2D eigenvalue weighted by atomic mass is 79.9. The highest BCUT2D eigenvalue weighted by molar-refractivity contribution is 9.10. The molecule has 2 amide bonds. The van der Waals surface area contributed by atoms with E-state index in [0.717, 1.165) is 15.7 Å². The predicted molar refractivity (Wildman–Crippen MR) is 88.2 cm³/mol. The summed E-state index contributed by atoms with van der Waals surface area (Å²) in [4.78, 5) is 23.5. The van der Waals surface area contributed by atoms with Crippen LogP contribution in [0.15, 0.2) is 22.7 Å². The molecule has 0 saturated heterocycles. The van der Waals surface area contributed by atoms with Gasteiger partial charge in [0.1, 0.15) is 0 Å². The van der Waals surface area contributed by atoms with E-state index in [4.69, 9.17) is 0 Å². The first-order chi connectivity index (χ1) is 9.93. The fraction of sp³-hybridized carbons (Fsp3) is 0.467. The van der Waals surface area contributed by atoms with Crippen LogP contribution in [-0.4, -0.2) is 32.0 Å². The van der Waals surface area contributed by atoms with Gasteiger partial charge in [0.25, 0.3) is 0 Å². The van der Waals surface area contributed by atoms with Crippen molar-refractivity contribution in [3.63, 3.8) is 0 Å². The molecular formula is C15H22BrN3O2. The van der Waals surface area contributed by atoms with Crippen molar-refractivity contribution in [1.29, 1.82) is 0 Å². The summed E-state index contributed by atoms with van der Waals surface area (Å²) < 4.78 is 0.914. The number of benzene rings is 1. The van der Waals surface area contributed by atoms with E-state index in [9.17, 15) is 9.59 Å². The van der Waals surface area contributed by atoms with Gasteiger partial charge < -0.3 is 16.0 Å². The maximum atomic E-state index is 11.9. The van der Waals surface area contributed by atoms with Crippen LogP contribution in [0.3, 0.4) is 0 Å². The van der Waals surface area contributed by atoms with E-state index in [0.29, 0.717) is 13.1 Å². The number of aryl methyl sites for hydroxylation is 1. The van der Waals surface area contributed by atoms with Gasteiger partial charge in [-0.25, -0.2) is 0 Å². The molecule has 6 heteroatoms. The maximum absolute atomic E-state index is 11.9. The lowest BCUT2D eigenvalue weighted by Crippen LogP contribution is -2.35. The van der Waals surface area contributed by atoms with Gasteiger partial charge in [-0.1, -0.05) is 28.9 Å². The number of anilines is 1. The molecule has 5 nitrogen and oxygen atoms in total. The van der Waals surface area contributed by atoms with Gasteiger partial charge in [-0.15, -0.1) is 0 Å². The molecule has 0 aromatic heterocycles. The average molecular weight is 356 g/mol. The Morgan fingerprint density at radius 3 is 2.71 bits per heavy atom. The number of carbonyl (C=O) groups is 2. The SMILES string of the molecule is CNCC(C)C(=O)NCCC(=O)Nc1cc(Br)ccc1C. The van der Waals surface area contributed by atoms with Crippen molar-refractivity contribution in [2.24, 2.45) is 5.92 Å². The molecule has 1 rings (SSSR count). The molecule has 0 heterocycles. The molecule has 0 aliphatic rings. The Balaban J connectivity index is 2.38. The molecule has 1 unspecified atom stereocenters. The zero-order valence-corrected chi connectivity index (χ0v) is 14.2. The molecule has 0 saturated carbocycles. The van der Waals surface area contributed by atoms with Crippen molar-refractivity contribution in [3.8, 4) is 0 Å². The largest absolute Gasteiger partial charge is 0.355 e. The van der Waals surface area contributed by atoms with Crippen LogP contribution in [0.1, 0.15) is 18.9 Å². The van der Waals surface area contributed by atoms with E-state index < -0.39 is 0 Å². The second-order valence-electron chi connectivity index (χ2n) is 5.01. The number of nitrogens with one attached hydrogen (secondary N) is 3. The van der Waals surface area contributed by atoms with E-state index in [1.165, 1.54) is 0 Å². The van der Waals surface area contributed by atoms with Crippen LogP contribution in [-0.2, 0) is 9.59 Å². The molecule has 1 atom stereocenters. The quantitative estimate of drug-likeness (QED) is 0.700. The molecule has 21 heavy (non-hydrogen) atoms. The van der Waals surface area contributed by atoms with Crippen molar-refractivity contribution < 1.29 is 9.59 Å². The third-order valence-corrected chi connectivity index (χ3v) is 3.58. The topological polar surface area (TPSA) is 70.2 Å². The lowest BCUT2D eigenvalue weighted by Gasteiger charge is -2.12. The molecule has 0 spiro atoms. The minimum absolute atomic E-state index is 0.0456. The molecule has 3 N–H and O–H groups in total. The first-order valence-corrected chi connectivity index (χ1v) is 7.71. The molecule has 1 aromatic rings. The van der Waals surface area contributed by atoms with E-state index in [1.807, 2.05) is 32.0 Å². The Hall–Kier alpha value is -1.40. The Labute approximate surface area is 134 Å². The van der Waals surface area contributed by atoms with Crippen molar-refractivity contribution in [2.45, 2.75) is 20.3 Å². The van der Waals surface area contributed by atoms with Gasteiger partial charge in [0.2, 0.25) is 11.8 Å². The third kappa shape index (κ3) is 6.27. The van der Waals surface area contributed by atoms with Crippen molar-refractivity contribution in [2.75, 3.05) is 25.5 Å². The van der Waals surface area contributed by atoms with Gasteiger partial charge in [0, 0.05) is 35.6 Å². The van der Waals surface area contributed by atoms with E-state index in [-0.39, 0.29) is 24.2 Å². The van der Waals surface area contributed by atoms with Crippen LogP contribution in [0.25, 0.3) is 0 Å². The third-order valence-electron chi connectivity index (χ3n) is 3.08. The number of halogens is 1. The molecule has 0 radical (unpaired) electrons. The van der Waals surface area contributed by atoms with Crippen LogP contribution in [0, 0.1) is 12.8 Å². The summed E-state index contributed by atoms with van der Waals surface area (Å²) in [5, 5.41) is 8.55. The maximum Gasteiger partial charge on any atom is 0.226 e. The Bertz CT molecular complexity index is 506. The normalized spacial score (nSPS) is 11.8. The number of hydrogen-bond donors (Lipinski definition) is 3. The summed E-state index contributed by atoms with van der Waals surface area (Å²) in [5.41, 5.74) is 1.78. The summed E-state index contributed by atoms with van der Waals surface area (Å²) in [7, 11) is 1.80. The summed E-state index contributed by atoms with van der Waals surface area (Å²) in [6, 6.07) is 5.72. The minimum atomic E-state index is -0.113. The first-order valence-electron chi connectivity index (χ1n) is 6.92.